The summed E-state index contributed by atoms with van der Waals surface area (Å²) >= 11 is 0. The fourth-order valence-corrected chi connectivity index (χ4v) is 2.37. The van der Waals surface area contributed by atoms with Crippen molar-refractivity contribution in [1.82, 2.24) is 5.43 Å². The Labute approximate surface area is 164 Å². The van der Waals surface area contributed by atoms with E-state index in [4.69, 9.17) is 23.7 Å². The minimum Gasteiger partial charge on any atom is -0.493 e. The number of carbonyl (C=O) groups is 1. The zero-order valence-electron chi connectivity index (χ0n) is 16.4. The van der Waals surface area contributed by atoms with Gasteiger partial charge in [0, 0.05) is 5.56 Å². The number of carbonyl (C=O) groups excluding carboxylic acids is 1. The maximum Gasteiger partial charge on any atom is 0.277 e. The highest BCUT2D eigenvalue weighted by molar-refractivity contribution is 5.84. The number of ether oxygens (including phenoxy) is 5. The first-order valence-corrected chi connectivity index (χ1v) is 8.59. The Morgan fingerprint density at radius 1 is 0.964 bits per heavy atom. The van der Waals surface area contributed by atoms with Crippen molar-refractivity contribution in [3.63, 3.8) is 0 Å². The molecule has 0 aliphatic rings. The zero-order chi connectivity index (χ0) is 20.4. The standard InChI is InChI=1S/C20H24N2O6/c1-5-27-15-8-6-7-9-16(15)28-13-19(23)22-21-12-14-10-17(24-2)20(26-4)18(11-14)25-3/h6-12H,5,13H2,1-4H3,(H,22,23)/b21-12+. The Kier molecular flexibility index (Phi) is 7.95. The number of nitrogens with zero attached hydrogens (tertiary/aromatic N) is 1. The Balaban J connectivity index is 1.97. The van der Waals surface area contributed by atoms with Crippen LogP contribution in [-0.2, 0) is 4.79 Å². The maximum atomic E-state index is 12.0. The summed E-state index contributed by atoms with van der Waals surface area (Å²) in [6, 6.07) is 10.6. The van der Waals surface area contributed by atoms with Gasteiger partial charge in [0.05, 0.1) is 34.2 Å². The van der Waals surface area contributed by atoms with Crippen LogP contribution in [0.4, 0.5) is 0 Å². The Bertz CT molecular complexity index is 797. The number of para-hydroxylation sites is 2. The predicted octanol–water partition coefficient (Wildman–Crippen LogP) is 2.64. The minimum absolute atomic E-state index is 0.198. The molecule has 2 aromatic carbocycles. The van der Waals surface area contributed by atoms with E-state index in [0.29, 0.717) is 40.9 Å². The van der Waals surface area contributed by atoms with Crippen LogP contribution in [0.1, 0.15) is 12.5 Å². The number of hydrazone groups is 1. The first-order valence-electron chi connectivity index (χ1n) is 8.59. The molecular formula is C20H24N2O6. The Morgan fingerprint density at radius 3 is 2.11 bits per heavy atom. The Hall–Kier alpha value is -3.42. The van der Waals surface area contributed by atoms with E-state index in [9.17, 15) is 4.79 Å². The number of hydrogen-bond donors (Lipinski definition) is 1. The molecule has 1 N–H and O–H groups in total. The third-order valence-corrected chi connectivity index (χ3v) is 3.60. The SMILES string of the molecule is CCOc1ccccc1OCC(=O)N/N=C/c1cc(OC)c(OC)c(OC)c1. The molecule has 2 aromatic rings. The lowest BCUT2D eigenvalue weighted by atomic mass is 10.2. The highest BCUT2D eigenvalue weighted by atomic mass is 16.5. The summed E-state index contributed by atoms with van der Waals surface area (Å²) in [5.41, 5.74) is 3.07. The summed E-state index contributed by atoms with van der Waals surface area (Å²) in [5.74, 6) is 2.13. The summed E-state index contributed by atoms with van der Waals surface area (Å²) in [6.45, 7) is 2.18. The van der Waals surface area contributed by atoms with Crippen LogP contribution in [0.15, 0.2) is 41.5 Å². The van der Waals surface area contributed by atoms with E-state index in [1.807, 2.05) is 13.0 Å². The highest BCUT2D eigenvalue weighted by Crippen LogP contribution is 2.37. The minimum atomic E-state index is -0.407. The number of rotatable bonds is 10. The second-order valence-corrected chi connectivity index (χ2v) is 5.42. The molecule has 8 nitrogen and oxygen atoms in total. The average Bonchev–Trinajstić information content (AvgIpc) is 2.72. The molecule has 0 spiro atoms. The van der Waals surface area contributed by atoms with Gasteiger partial charge < -0.3 is 23.7 Å². The molecule has 0 fully saturated rings. The van der Waals surface area contributed by atoms with Gasteiger partial charge in [-0.2, -0.15) is 5.10 Å². The molecule has 1 amide bonds. The van der Waals surface area contributed by atoms with Crippen LogP contribution >= 0.6 is 0 Å². The summed E-state index contributed by atoms with van der Waals surface area (Å²) in [4.78, 5) is 12.0. The van der Waals surface area contributed by atoms with Crippen LogP contribution in [0.2, 0.25) is 0 Å². The molecule has 0 saturated carbocycles. The smallest absolute Gasteiger partial charge is 0.277 e. The molecule has 0 aliphatic carbocycles. The van der Waals surface area contributed by atoms with Crippen LogP contribution < -0.4 is 29.1 Å². The molecule has 0 aliphatic heterocycles. The Morgan fingerprint density at radius 2 is 1.57 bits per heavy atom. The summed E-state index contributed by atoms with van der Waals surface area (Å²) in [6.07, 6.45) is 1.47. The van der Waals surface area contributed by atoms with E-state index in [2.05, 4.69) is 10.5 Å². The molecule has 0 saturated heterocycles. The van der Waals surface area contributed by atoms with E-state index in [0.717, 1.165) is 0 Å². The maximum absolute atomic E-state index is 12.0. The summed E-state index contributed by atoms with van der Waals surface area (Å²) < 4.78 is 26.8. The van der Waals surface area contributed by atoms with E-state index in [1.165, 1.54) is 27.5 Å². The molecule has 150 valence electrons. The number of benzene rings is 2. The van der Waals surface area contributed by atoms with Crippen LogP contribution in [0.3, 0.4) is 0 Å². The second-order valence-electron chi connectivity index (χ2n) is 5.42. The van der Waals surface area contributed by atoms with Gasteiger partial charge in [-0.1, -0.05) is 12.1 Å². The molecular weight excluding hydrogens is 364 g/mol. The van der Waals surface area contributed by atoms with Crippen molar-refractivity contribution in [3.05, 3.63) is 42.0 Å². The van der Waals surface area contributed by atoms with Crippen molar-refractivity contribution in [1.29, 1.82) is 0 Å². The van der Waals surface area contributed by atoms with Gasteiger partial charge in [-0.05, 0) is 31.2 Å². The van der Waals surface area contributed by atoms with Crippen LogP contribution in [0.5, 0.6) is 28.7 Å². The lowest BCUT2D eigenvalue weighted by molar-refractivity contribution is -0.123. The van der Waals surface area contributed by atoms with E-state index < -0.39 is 5.91 Å². The zero-order valence-corrected chi connectivity index (χ0v) is 16.4. The van der Waals surface area contributed by atoms with Crippen molar-refractivity contribution in [2.75, 3.05) is 34.5 Å². The van der Waals surface area contributed by atoms with Gasteiger partial charge in [0.15, 0.2) is 29.6 Å². The van der Waals surface area contributed by atoms with Gasteiger partial charge in [-0.3, -0.25) is 4.79 Å². The van der Waals surface area contributed by atoms with Crippen LogP contribution in [0.25, 0.3) is 0 Å². The van der Waals surface area contributed by atoms with Gasteiger partial charge in [-0.15, -0.1) is 0 Å². The molecule has 0 aromatic heterocycles. The molecule has 0 bridgehead atoms. The number of amides is 1. The molecule has 0 atom stereocenters. The largest absolute Gasteiger partial charge is 0.493 e. The van der Waals surface area contributed by atoms with Gasteiger partial charge >= 0.3 is 0 Å². The molecule has 28 heavy (non-hydrogen) atoms. The normalized spacial score (nSPS) is 10.4. The van der Waals surface area contributed by atoms with E-state index in [1.54, 1.807) is 30.3 Å². The van der Waals surface area contributed by atoms with Crippen molar-refractivity contribution < 1.29 is 28.5 Å². The molecule has 0 heterocycles. The fraction of sp³-hybridized carbons (Fsp3) is 0.300. The van der Waals surface area contributed by atoms with Gasteiger partial charge in [0.2, 0.25) is 5.75 Å². The topological polar surface area (TPSA) is 87.6 Å². The monoisotopic (exact) mass is 388 g/mol. The van der Waals surface area contributed by atoms with Crippen molar-refractivity contribution in [3.8, 4) is 28.7 Å². The summed E-state index contributed by atoms with van der Waals surface area (Å²) in [7, 11) is 4.58. The van der Waals surface area contributed by atoms with Crippen LogP contribution in [-0.4, -0.2) is 46.7 Å². The number of nitrogens with one attached hydrogen (secondary N) is 1. The number of hydrogen-bond acceptors (Lipinski definition) is 7. The van der Waals surface area contributed by atoms with Crippen LogP contribution in [0, 0.1) is 0 Å². The quantitative estimate of drug-likeness (QED) is 0.497. The first-order chi connectivity index (χ1) is 13.6. The van der Waals surface area contributed by atoms with Gasteiger partial charge in [0.1, 0.15) is 0 Å². The van der Waals surface area contributed by atoms with Crippen molar-refractivity contribution >= 4 is 12.1 Å². The van der Waals surface area contributed by atoms with Gasteiger partial charge in [-0.25, -0.2) is 5.43 Å². The fourth-order valence-electron chi connectivity index (χ4n) is 2.37. The third kappa shape index (κ3) is 5.54. The third-order valence-electron chi connectivity index (χ3n) is 3.60. The lowest BCUT2D eigenvalue weighted by Crippen LogP contribution is -2.24. The van der Waals surface area contributed by atoms with E-state index >= 15 is 0 Å². The van der Waals surface area contributed by atoms with Crippen molar-refractivity contribution in [2.24, 2.45) is 5.10 Å². The first kappa shape index (κ1) is 20.9. The second kappa shape index (κ2) is 10.7. The predicted molar refractivity (Wildman–Crippen MR) is 105 cm³/mol. The lowest BCUT2D eigenvalue weighted by Gasteiger charge is -2.12. The molecule has 2 rings (SSSR count). The molecule has 8 heteroatoms. The van der Waals surface area contributed by atoms with E-state index in [-0.39, 0.29) is 6.61 Å². The number of methoxy groups -OCH3 is 3. The highest BCUT2D eigenvalue weighted by Gasteiger charge is 2.12. The molecule has 0 unspecified atom stereocenters. The molecule has 0 radical (unpaired) electrons. The van der Waals surface area contributed by atoms with Crippen molar-refractivity contribution in [2.45, 2.75) is 6.92 Å². The van der Waals surface area contributed by atoms with Gasteiger partial charge in [0.25, 0.3) is 5.91 Å². The summed E-state index contributed by atoms with van der Waals surface area (Å²) in [5, 5.41) is 3.93. The average molecular weight is 388 g/mol.